The molecule has 7 heteroatoms. The number of esters is 1. The van der Waals surface area contributed by atoms with Gasteiger partial charge in [-0.1, -0.05) is 23.7 Å². The van der Waals surface area contributed by atoms with Gasteiger partial charge < -0.3 is 15.4 Å². The van der Waals surface area contributed by atoms with Crippen molar-refractivity contribution in [3.63, 3.8) is 0 Å². The number of nitrogens with one attached hydrogen (secondary N) is 2. The number of ether oxygens (including phenoxy) is 1. The van der Waals surface area contributed by atoms with Gasteiger partial charge >= 0.3 is 5.97 Å². The Labute approximate surface area is 160 Å². The number of carbonyl (C=O) groups is 1. The first-order valence-electron chi connectivity index (χ1n) is 7.21. The van der Waals surface area contributed by atoms with Gasteiger partial charge in [0.05, 0.1) is 0 Å². The Morgan fingerprint density at radius 1 is 1.22 bits per heavy atom. The Balaban J connectivity index is 0.00000484. The summed E-state index contributed by atoms with van der Waals surface area (Å²) in [5, 5.41) is 6.81. The highest BCUT2D eigenvalue weighted by Gasteiger charge is 2.16. The van der Waals surface area contributed by atoms with Gasteiger partial charge in [-0.2, -0.15) is 0 Å². The molecule has 0 saturated heterocycles. The first-order valence-corrected chi connectivity index (χ1v) is 7.59. The maximum Gasteiger partial charge on any atom is 0.325 e. The molecule has 1 rings (SSSR count). The van der Waals surface area contributed by atoms with Crippen LogP contribution in [0.1, 0.15) is 26.3 Å². The first kappa shape index (κ1) is 22.0. The SMILES string of the molecule is CN=C(NCCc1ccc(Cl)cc1)NCC(=O)OC(C)(C)C.I. The number of benzene rings is 1. The fourth-order valence-corrected chi connectivity index (χ4v) is 1.86. The zero-order valence-electron chi connectivity index (χ0n) is 14.0. The van der Waals surface area contributed by atoms with E-state index in [1.165, 1.54) is 5.56 Å². The molecule has 2 N–H and O–H groups in total. The highest BCUT2D eigenvalue weighted by atomic mass is 127. The second kappa shape index (κ2) is 10.7. The van der Waals surface area contributed by atoms with Crippen LogP contribution in [0.3, 0.4) is 0 Å². The van der Waals surface area contributed by atoms with Crippen molar-refractivity contribution in [3.05, 3.63) is 34.9 Å². The summed E-state index contributed by atoms with van der Waals surface area (Å²) in [4.78, 5) is 15.7. The second-order valence-electron chi connectivity index (χ2n) is 5.82. The number of rotatable bonds is 5. The molecular weight excluding hydrogens is 429 g/mol. The van der Waals surface area contributed by atoms with E-state index in [4.69, 9.17) is 16.3 Å². The van der Waals surface area contributed by atoms with E-state index in [-0.39, 0.29) is 36.5 Å². The van der Waals surface area contributed by atoms with Gasteiger partial charge in [0.15, 0.2) is 5.96 Å². The number of guanidine groups is 1. The van der Waals surface area contributed by atoms with Gasteiger partial charge in [0.25, 0.3) is 0 Å². The lowest BCUT2D eigenvalue weighted by atomic mass is 10.1. The van der Waals surface area contributed by atoms with Gasteiger partial charge in [0, 0.05) is 18.6 Å². The molecule has 0 saturated carbocycles. The number of hydrogen-bond donors (Lipinski definition) is 2. The van der Waals surface area contributed by atoms with E-state index in [0.29, 0.717) is 12.5 Å². The van der Waals surface area contributed by atoms with Crippen LogP contribution in [0.2, 0.25) is 5.02 Å². The van der Waals surface area contributed by atoms with E-state index in [2.05, 4.69) is 15.6 Å². The highest BCUT2D eigenvalue weighted by molar-refractivity contribution is 14.0. The molecule has 0 atom stereocenters. The molecule has 130 valence electrons. The molecule has 0 heterocycles. The standard InChI is InChI=1S/C16H24ClN3O2.HI/c1-16(2,3)22-14(21)11-20-15(18-4)19-10-9-12-5-7-13(17)8-6-12;/h5-8H,9-11H2,1-4H3,(H2,18,19,20);1H. The van der Waals surface area contributed by atoms with Gasteiger partial charge in [-0.05, 0) is 44.9 Å². The number of nitrogens with zero attached hydrogens (tertiary/aromatic N) is 1. The molecule has 0 aliphatic heterocycles. The van der Waals surface area contributed by atoms with Gasteiger partial charge in [-0.25, -0.2) is 0 Å². The number of carbonyl (C=O) groups excluding carboxylic acids is 1. The van der Waals surface area contributed by atoms with Crippen LogP contribution in [0.4, 0.5) is 0 Å². The number of halogens is 2. The molecule has 0 fully saturated rings. The summed E-state index contributed by atoms with van der Waals surface area (Å²) in [7, 11) is 1.66. The van der Waals surface area contributed by atoms with Crippen molar-refractivity contribution in [2.24, 2.45) is 4.99 Å². The molecule has 0 radical (unpaired) electrons. The normalized spacial score (nSPS) is 11.4. The van der Waals surface area contributed by atoms with E-state index in [1.807, 2.05) is 45.0 Å². The summed E-state index contributed by atoms with van der Waals surface area (Å²) in [5.41, 5.74) is 0.698. The average Bonchev–Trinajstić information content (AvgIpc) is 2.42. The van der Waals surface area contributed by atoms with Gasteiger partial charge in [-0.3, -0.25) is 9.79 Å². The fraction of sp³-hybridized carbons (Fsp3) is 0.500. The third kappa shape index (κ3) is 10.4. The van der Waals surface area contributed by atoms with Crippen molar-refractivity contribution in [2.75, 3.05) is 20.1 Å². The molecule has 0 bridgehead atoms. The number of aliphatic imine (C=N–C) groups is 1. The Morgan fingerprint density at radius 3 is 2.35 bits per heavy atom. The molecular formula is C16H25ClIN3O2. The van der Waals surface area contributed by atoms with Crippen LogP contribution < -0.4 is 10.6 Å². The van der Waals surface area contributed by atoms with Crippen molar-refractivity contribution < 1.29 is 9.53 Å². The third-order valence-corrected chi connectivity index (χ3v) is 2.92. The van der Waals surface area contributed by atoms with E-state index in [1.54, 1.807) is 7.05 Å². The highest BCUT2D eigenvalue weighted by Crippen LogP contribution is 2.09. The lowest BCUT2D eigenvalue weighted by Gasteiger charge is -2.20. The summed E-state index contributed by atoms with van der Waals surface area (Å²) < 4.78 is 5.22. The van der Waals surface area contributed by atoms with E-state index in [9.17, 15) is 4.79 Å². The van der Waals surface area contributed by atoms with E-state index in [0.717, 1.165) is 11.4 Å². The zero-order chi connectivity index (χ0) is 16.6. The molecule has 1 aromatic carbocycles. The van der Waals surface area contributed by atoms with Crippen LogP contribution >= 0.6 is 35.6 Å². The van der Waals surface area contributed by atoms with Crippen molar-refractivity contribution in [1.82, 2.24) is 10.6 Å². The van der Waals surface area contributed by atoms with Crippen molar-refractivity contribution in [2.45, 2.75) is 32.8 Å². The van der Waals surface area contributed by atoms with E-state index < -0.39 is 5.60 Å². The van der Waals surface area contributed by atoms with Crippen LogP contribution in [0.15, 0.2) is 29.3 Å². The molecule has 1 aromatic rings. The Hall–Kier alpha value is -1.02. The average molecular weight is 454 g/mol. The lowest BCUT2D eigenvalue weighted by Crippen LogP contribution is -2.42. The summed E-state index contributed by atoms with van der Waals surface area (Å²) in [6.07, 6.45) is 0.838. The predicted octanol–water partition coefficient (Wildman–Crippen LogP) is 3.01. The molecule has 0 aromatic heterocycles. The maximum absolute atomic E-state index is 11.6. The van der Waals surface area contributed by atoms with Gasteiger partial charge in [-0.15, -0.1) is 24.0 Å². The van der Waals surface area contributed by atoms with Gasteiger partial charge in [0.2, 0.25) is 0 Å². The largest absolute Gasteiger partial charge is 0.459 e. The lowest BCUT2D eigenvalue weighted by molar-refractivity contribution is -0.153. The molecule has 5 nitrogen and oxygen atoms in total. The third-order valence-electron chi connectivity index (χ3n) is 2.66. The Morgan fingerprint density at radius 2 is 1.83 bits per heavy atom. The Bertz CT molecular complexity index is 513. The van der Waals surface area contributed by atoms with Crippen LogP contribution in [0, 0.1) is 0 Å². The monoisotopic (exact) mass is 453 g/mol. The molecule has 0 aliphatic rings. The minimum atomic E-state index is -0.482. The van der Waals surface area contributed by atoms with E-state index >= 15 is 0 Å². The van der Waals surface area contributed by atoms with Crippen LogP contribution in [-0.4, -0.2) is 37.7 Å². The quantitative estimate of drug-likeness (QED) is 0.311. The summed E-state index contributed by atoms with van der Waals surface area (Å²) >= 11 is 5.85. The molecule has 23 heavy (non-hydrogen) atoms. The molecule has 0 aliphatic carbocycles. The predicted molar refractivity (Wildman–Crippen MR) is 106 cm³/mol. The van der Waals surface area contributed by atoms with Crippen LogP contribution in [0.25, 0.3) is 0 Å². The summed E-state index contributed by atoms with van der Waals surface area (Å²) in [6.45, 7) is 6.30. The Kier molecular flexibility index (Phi) is 10.2. The topological polar surface area (TPSA) is 62.7 Å². The minimum Gasteiger partial charge on any atom is -0.459 e. The zero-order valence-corrected chi connectivity index (χ0v) is 17.1. The molecule has 0 amide bonds. The van der Waals surface area contributed by atoms with Crippen LogP contribution in [0.5, 0.6) is 0 Å². The van der Waals surface area contributed by atoms with Crippen molar-refractivity contribution in [1.29, 1.82) is 0 Å². The number of hydrogen-bond acceptors (Lipinski definition) is 3. The summed E-state index contributed by atoms with van der Waals surface area (Å²) in [5.74, 6) is 0.257. The maximum atomic E-state index is 11.6. The first-order chi connectivity index (χ1) is 10.3. The minimum absolute atomic E-state index is 0. The van der Waals surface area contributed by atoms with Gasteiger partial charge in [0.1, 0.15) is 12.1 Å². The molecule has 0 unspecified atom stereocenters. The second-order valence-corrected chi connectivity index (χ2v) is 6.25. The van der Waals surface area contributed by atoms with Crippen LogP contribution in [-0.2, 0) is 16.0 Å². The summed E-state index contributed by atoms with van der Waals surface area (Å²) in [6, 6.07) is 7.71. The van der Waals surface area contributed by atoms with Crippen molar-refractivity contribution in [3.8, 4) is 0 Å². The van der Waals surface area contributed by atoms with Crippen molar-refractivity contribution >= 4 is 47.5 Å². The molecule has 0 spiro atoms. The fourth-order valence-electron chi connectivity index (χ4n) is 1.73. The smallest absolute Gasteiger partial charge is 0.325 e.